The molecule has 1 aliphatic heterocycles. The van der Waals surface area contributed by atoms with E-state index in [1.807, 2.05) is 0 Å². The van der Waals surface area contributed by atoms with E-state index in [2.05, 4.69) is 42.2 Å². The first-order valence-electron chi connectivity index (χ1n) is 6.67. The molecule has 0 spiro atoms. The zero-order valence-corrected chi connectivity index (χ0v) is 10.7. The van der Waals surface area contributed by atoms with Gasteiger partial charge in [0, 0.05) is 19.7 Å². The van der Waals surface area contributed by atoms with Gasteiger partial charge in [-0.25, -0.2) is 0 Å². The summed E-state index contributed by atoms with van der Waals surface area (Å²) in [6.07, 6.45) is 2.42. The number of rotatable bonds is 4. The van der Waals surface area contributed by atoms with E-state index in [1.54, 1.807) is 0 Å². The van der Waals surface area contributed by atoms with Gasteiger partial charge in [0.05, 0.1) is 0 Å². The maximum atomic E-state index is 9.23. The Morgan fingerprint density at radius 2 is 2.12 bits per heavy atom. The standard InChI is InChI=1S/C15H23NO/c1-13(15-7-3-2-4-8-15)10-16-9-5-6-14(11-16)12-17/h2-4,7-8,13-14,17H,5-6,9-12H2,1H3/t13-,14+/m1/s1. The van der Waals surface area contributed by atoms with Gasteiger partial charge in [0.15, 0.2) is 0 Å². The smallest absolute Gasteiger partial charge is 0.0471 e. The third kappa shape index (κ3) is 3.55. The molecule has 2 atom stereocenters. The zero-order valence-electron chi connectivity index (χ0n) is 10.7. The molecule has 1 saturated heterocycles. The maximum Gasteiger partial charge on any atom is 0.0471 e. The van der Waals surface area contributed by atoms with E-state index in [4.69, 9.17) is 0 Å². The lowest BCUT2D eigenvalue weighted by Crippen LogP contribution is -2.38. The fourth-order valence-corrected chi connectivity index (χ4v) is 2.74. The second-order valence-corrected chi connectivity index (χ2v) is 5.26. The van der Waals surface area contributed by atoms with Crippen molar-refractivity contribution < 1.29 is 5.11 Å². The molecule has 0 bridgehead atoms. The van der Waals surface area contributed by atoms with Crippen LogP contribution in [-0.2, 0) is 0 Å². The van der Waals surface area contributed by atoms with E-state index in [0.717, 1.165) is 13.1 Å². The topological polar surface area (TPSA) is 23.5 Å². The molecule has 0 aliphatic carbocycles. The van der Waals surface area contributed by atoms with E-state index in [0.29, 0.717) is 18.4 Å². The van der Waals surface area contributed by atoms with Crippen LogP contribution in [0.1, 0.15) is 31.2 Å². The molecule has 0 aromatic heterocycles. The van der Waals surface area contributed by atoms with E-state index in [1.165, 1.54) is 24.9 Å². The van der Waals surface area contributed by atoms with Gasteiger partial charge < -0.3 is 10.0 Å². The van der Waals surface area contributed by atoms with Gasteiger partial charge >= 0.3 is 0 Å². The van der Waals surface area contributed by atoms with Gasteiger partial charge in [0.1, 0.15) is 0 Å². The van der Waals surface area contributed by atoms with Crippen molar-refractivity contribution in [1.29, 1.82) is 0 Å². The molecule has 1 aliphatic rings. The van der Waals surface area contributed by atoms with Gasteiger partial charge in [0.25, 0.3) is 0 Å². The van der Waals surface area contributed by atoms with Crippen LogP contribution in [0.5, 0.6) is 0 Å². The van der Waals surface area contributed by atoms with E-state index in [-0.39, 0.29) is 0 Å². The van der Waals surface area contributed by atoms with Crippen LogP contribution in [0, 0.1) is 5.92 Å². The molecule has 1 heterocycles. The number of hydrogen-bond acceptors (Lipinski definition) is 2. The molecule has 0 unspecified atom stereocenters. The molecule has 0 saturated carbocycles. The summed E-state index contributed by atoms with van der Waals surface area (Å²) in [5.41, 5.74) is 1.42. The molecular formula is C15H23NO. The van der Waals surface area contributed by atoms with Crippen LogP contribution < -0.4 is 0 Å². The third-order valence-electron chi connectivity index (χ3n) is 3.76. The van der Waals surface area contributed by atoms with Crippen LogP contribution >= 0.6 is 0 Å². The first-order chi connectivity index (χ1) is 8.29. The lowest BCUT2D eigenvalue weighted by Gasteiger charge is -2.33. The third-order valence-corrected chi connectivity index (χ3v) is 3.76. The van der Waals surface area contributed by atoms with Crippen molar-refractivity contribution in [2.75, 3.05) is 26.2 Å². The molecule has 1 fully saturated rings. The second kappa shape index (κ2) is 6.18. The van der Waals surface area contributed by atoms with Crippen molar-refractivity contribution >= 4 is 0 Å². The van der Waals surface area contributed by atoms with Gasteiger partial charge in [-0.1, -0.05) is 37.3 Å². The molecular weight excluding hydrogens is 210 g/mol. The highest BCUT2D eigenvalue weighted by atomic mass is 16.3. The van der Waals surface area contributed by atoms with Gasteiger partial charge in [-0.15, -0.1) is 0 Å². The van der Waals surface area contributed by atoms with Crippen molar-refractivity contribution in [2.45, 2.75) is 25.7 Å². The van der Waals surface area contributed by atoms with E-state index >= 15 is 0 Å². The van der Waals surface area contributed by atoms with E-state index < -0.39 is 0 Å². The van der Waals surface area contributed by atoms with Crippen molar-refractivity contribution in [2.24, 2.45) is 5.92 Å². The highest BCUT2D eigenvalue weighted by molar-refractivity contribution is 5.19. The number of aliphatic hydroxyl groups excluding tert-OH is 1. The Bertz CT molecular complexity index is 325. The monoisotopic (exact) mass is 233 g/mol. The summed E-state index contributed by atoms with van der Waals surface area (Å²) in [6, 6.07) is 10.7. The molecule has 2 rings (SSSR count). The molecule has 2 nitrogen and oxygen atoms in total. The molecule has 17 heavy (non-hydrogen) atoms. The first-order valence-corrected chi connectivity index (χ1v) is 6.67. The molecule has 94 valence electrons. The van der Waals surface area contributed by atoms with Crippen LogP contribution in [0.4, 0.5) is 0 Å². The summed E-state index contributed by atoms with van der Waals surface area (Å²) in [5.74, 6) is 1.07. The largest absolute Gasteiger partial charge is 0.396 e. The average Bonchev–Trinajstić information content (AvgIpc) is 2.40. The SMILES string of the molecule is C[C@H](CN1CCC[C@H](CO)C1)c1ccccc1. The minimum Gasteiger partial charge on any atom is -0.396 e. The maximum absolute atomic E-state index is 9.23. The Morgan fingerprint density at radius 3 is 2.82 bits per heavy atom. The van der Waals surface area contributed by atoms with Crippen molar-refractivity contribution in [3.8, 4) is 0 Å². The quantitative estimate of drug-likeness (QED) is 0.863. The van der Waals surface area contributed by atoms with Crippen LogP contribution in [0.3, 0.4) is 0 Å². The zero-order chi connectivity index (χ0) is 12.1. The Balaban J connectivity index is 1.88. The number of hydrogen-bond donors (Lipinski definition) is 1. The van der Waals surface area contributed by atoms with Crippen LogP contribution in [0.25, 0.3) is 0 Å². The number of piperidine rings is 1. The Kier molecular flexibility index (Phi) is 4.57. The fourth-order valence-electron chi connectivity index (χ4n) is 2.74. The lowest BCUT2D eigenvalue weighted by atomic mass is 9.96. The highest BCUT2D eigenvalue weighted by Gasteiger charge is 2.20. The first kappa shape index (κ1) is 12.6. The van der Waals surface area contributed by atoms with Gasteiger partial charge in [-0.2, -0.15) is 0 Å². The minimum atomic E-state index is 0.343. The fraction of sp³-hybridized carbons (Fsp3) is 0.600. The van der Waals surface area contributed by atoms with Crippen molar-refractivity contribution in [1.82, 2.24) is 4.90 Å². The molecule has 1 aromatic rings. The van der Waals surface area contributed by atoms with Crippen molar-refractivity contribution in [3.63, 3.8) is 0 Å². The van der Waals surface area contributed by atoms with Crippen molar-refractivity contribution in [3.05, 3.63) is 35.9 Å². The minimum absolute atomic E-state index is 0.343. The molecule has 0 radical (unpaired) electrons. The molecule has 0 amide bonds. The summed E-state index contributed by atoms with van der Waals surface area (Å²) in [4.78, 5) is 2.50. The summed E-state index contributed by atoms with van der Waals surface area (Å²) in [7, 11) is 0. The second-order valence-electron chi connectivity index (χ2n) is 5.26. The Labute approximate surface area is 104 Å². The van der Waals surface area contributed by atoms with Gasteiger partial charge in [-0.05, 0) is 36.8 Å². The van der Waals surface area contributed by atoms with Crippen LogP contribution in [-0.4, -0.2) is 36.2 Å². The summed E-state index contributed by atoms with van der Waals surface area (Å²) in [6.45, 7) is 6.00. The highest BCUT2D eigenvalue weighted by Crippen LogP contribution is 2.21. The lowest BCUT2D eigenvalue weighted by molar-refractivity contribution is 0.117. The molecule has 1 aromatic carbocycles. The Morgan fingerprint density at radius 1 is 1.35 bits per heavy atom. The van der Waals surface area contributed by atoms with Crippen LogP contribution in [0.15, 0.2) is 30.3 Å². The van der Waals surface area contributed by atoms with Gasteiger partial charge in [0.2, 0.25) is 0 Å². The van der Waals surface area contributed by atoms with E-state index in [9.17, 15) is 5.11 Å². The van der Waals surface area contributed by atoms with Crippen LogP contribution in [0.2, 0.25) is 0 Å². The summed E-state index contributed by atoms with van der Waals surface area (Å²) >= 11 is 0. The summed E-state index contributed by atoms with van der Waals surface area (Å²) in [5, 5.41) is 9.23. The number of likely N-dealkylation sites (tertiary alicyclic amines) is 1. The predicted octanol–water partition coefficient (Wildman–Crippen LogP) is 2.49. The van der Waals surface area contributed by atoms with Gasteiger partial charge in [-0.3, -0.25) is 0 Å². The normalized spacial score (nSPS) is 23.5. The molecule has 2 heteroatoms. The number of aliphatic hydroxyl groups is 1. The predicted molar refractivity (Wildman–Crippen MR) is 71.1 cm³/mol. The number of benzene rings is 1. The average molecular weight is 233 g/mol. The molecule has 1 N–H and O–H groups in total. The summed E-state index contributed by atoms with van der Waals surface area (Å²) < 4.78 is 0. The number of nitrogens with zero attached hydrogens (tertiary/aromatic N) is 1. The Hall–Kier alpha value is -0.860.